The van der Waals surface area contributed by atoms with Crippen molar-refractivity contribution in [2.45, 2.75) is 18.9 Å². The van der Waals surface area contributed by atoms with Gasteiger partial charge in [0.2, 0.25) is 0 Å². The summed E-state index contributed by atoms with van der Waals surface area (Å²) in [5, 5.41) is 2.93. The maximum atomic E-state index is 12.4. The monoisotopic (exact) mass is 270 g/mol. The standard InChI is InChI=1S/C15H18N4O/c1-18-10-2-4-13(18)14-5-3-11-19(14)15(20)17-12-6-8-16-9-7-12/h2,4,6-10,14H,3,5,11H2,1H3,(H,16,17,20). The van der Waals surface area contributed by atoms with E-state index in [2.05, 4.69) is 20.9 Å². The first-order chi connectivity index (χ1) is 9.75. The summed E-state index contributed by atoms with van der Waals surface area (Å²) in [6, 6.07) is 7.82. The van der Waals surface area contributed by atoms with Crippen LogP contribution in [0.15, 0.2) is 42.9 Å². The minimum Gasteiger partial charge on any atom is -0.353 e. The second kappa shape index (κ2) is 5.36. The summed E-state index contributed by atoms with van der Waals surface area (Å²) in [6.45, 7) is 0.798. The molecule has 0 bridgehead atoms. The minimum atomic E-state index is -0.0418. The Balaban J connectivity index is 1.76. The predicted octanol–water partition coefficient (Wildman–Crippen LogP) is 2.79. The second-order valence-corrected chi connectivity index (χ2v) is 5.06. The zero-order valence-electron chi connectivity index (χ0n) is 11.5. The Kier molecular flexibility index (Phi) is 3.41. The summed E-state index contributed by atoms with van der Waals surface area (Å²) in [5.41, 5.74) is 1.97. The normalized spacial score (nSPS) is 18.2. The van der Waals surface area contributed by atoms with Crippen LogP contribution < -0.4 is 5.32 Å². The number of pyridine rings is 1. The minimum absolute atomic E-state index is 0.0418. The van der Waals surface area contributed by atoms with E-state index in [-0.39, 0.29) is 12.1 Å². The van der Waals surface area contributed by atoms with E-state index >= 15 is 0 Å². The highest BCUT2D eigenvalue weighted by Gasteiger charge is 2.31. The van der Waals surface area contributed by atoms with Crippen LogP contribution in [0.25, 0.3) is 0 Å². The molecule has 3 rings (SSSR count). The first-order valence-corrected chi connectivity index (χ1v) is 6.84. The summed E-state index contributed by atoms with van der Waals surface area (Å²) >= 11 is 0. The van der Waals surface area contributed by atoms with Gasteiger partial charge in [-0.15, -0.1) is 0 Å². The van der Waals surface area contributed by atoms with E-state index in [0.29, 0.717) is 0 Å². The number of hydrogen-bond acceptors (Lipinski definition) is 2. The van der Waals surface area contributed by atoms with Crippen molar-refractivity contribution < 1.29 is 4.79 Å². The van der Waals surface area contributed by atoms with Gasteiger partial charge in [-0.25, -0.2) is 4.79 Å². The number of anilines is 1. The molecule has 0 spiro atoms. The first-order valence-electron chi connectivity index (χ1n) is 6.84. The van der Waals surface area contributed by atoms with E-state index < -0.39 is 0 Å². The lowest BCUT2D eigenvalue weighted by Gasteiger charge is -2.25. The molecule has 5 nitrogen and oxygen atoms in total. The van der Waals surface area contributed by atoms with Gasteiger partial charge in [0.05, 0.1) is 6.04 Å². The highest BCUT2D eigenvalue weighted by atomic mass is 16.2. The third kappa shape index (κ3) is 2.39. The maximum absolute atomic E-state index is 12.4. The molecule has 1 aliphatic heterocycles. The third-order valence-electron chi connectivity index (χ3n) is 3.77. The molecule has 1 atom stereocenters. The summed E-state index contributed by atoms with van der Waals surface area (Å²) in [6.07, 6.45) is 7.43. The summed E-state index contributed by atoms with van der Waals surface area (Å²) in [4.78, 5) is 18.3. The zero-order valence-corrected chi connectivity index (χ0v) is 11.5. The van der Waals surface area contributed by atoms with Crippen molar-refractivity contribution in [2.75, 3.05) is 11.9 Å². The van der Waals surface area contributed by atoms with Crippen LogP contribution in [-0.2, 0) is 7.05 Å². The number of amides is 2. The molecule has 2 aromatic rings. The number of carbonyl (C=O) groups excluding carboxylic acids is 1. The Morgan fingerprint density at radius 3 is 2.85 bits per heavy atom. The summed E-state index contributed by atoms with van der Waals surface area (Å²) in [5.74, 6) is 0. The number of likely N-dealkylation sites (tertiary alicyclic amines) is 1. The molecule has 1 unspecified atom stereocenters. The molecule has 1 fully saturated rings. The maximum Gasteiger partial charge on any atom is 0.322 e. The van der Waals surface area contributed by atoms with Crippen molar-refractivity contribution in [3.8, 4) is 0 Å². The van der Waals surface area contributed by atoms with Gasteiger partial charge >= 0.3 is 6.03 Å². The quantitative estimate of drug-likeness (QED) is 0.912. The van der Waals surface area contributed by atoms with E-state index in [0.717, 1.165) is 25.1 Å². The molecule has 5 heteroatoms. The van der Waals surface area contributed by atoms with Gasteiger partial charge in [-0.2, -0.15) is 0 Å². The van der Waals surface area contributed by atoms with Gasteiger partial charge in [0.15, 0.2) is 0 Å². The van der Waals surface area contributed by atoms with Crippen molar-refractivity contribution in [2.24, 2.45) is 7.05 Å². The van der Waals surface area contributed by atoms with Crippen LogP contribution in [0.2, 0.25) is 0 Å². The van der Waals surface area contributed by atoms with Crippen LogP contribution in [0.5, 0.6) is 0 Å². The van der Waals surface area contributed by atoms with Crippen LogP contribution in [0, 0.1) is 0 Å². The molecule has 3 heterocycles. The first kappa shape index (κ1) is 12.7. The Hall–Kier alpha value is -2.30. The van der Waals surface area contributed by atoms with E-state index in [9.17, 15) is 4.79 Å². The summed E-state index contributed by atoms with van der Waals surface area (Å²) < 4.78 is 2.09. The van der Waals surface area contributed by atoms with Gasteiger partial charge in [0, 0.05) is 43.6 Å². The van der Waals surface area contributed by atoms with E-state index in [4.69, 9.17) is 0 Å². The fourth-order valence-corrected chi connectivity index (χ4v) is 2.77. The molecule has 0 aliphatic carbocycles. The van der Waals surface area contributed by atoms with Crippen LogP contribution >= 0.6 is 0 Å². The van der Waals surface area contributed by atoms with E-state index in [1.807, 2.05) is 24.2 Å². The number of aromatic nitrogens is 2. The lowest BCUT2D eigenvalue weighted by molar-refractivity contribution is 0.205. The third-order valence-corrected chi connectivity index (χ3v) is 3.77. The van der Waals surface area contributed by atoms with Gasteiger partial charge in [-0.3, -0.25) is 4.98 Å². The lowest BCUT2D eigenvalue weighted by Crippen LogP contribution is -2.35. The molecular formula is C15H18N4O. The van der Waals surface area contributed by atoms with E-state index in [1.165, 1.54) is 5.69 Å². The van der Waals surface area contributed by atoms with Crippen molar-refractivity contribution in [3.05, 3.63) is 48.5 Å². The van der Waals surface area contributed by atoms with Crippen molar-refractivity contribution in [1.82, 2.24) is 14.5 Å². The van der Waals surface area contributed by atoms with Gasteiger partial charge in [0.25, 0.3) is 0 Å². The number of aryl methyl sites for hydroxylation is 1. The van der Waals surface area contributed by atoms with Gasteiger partial charge < -0.3 is 14.8 Å². The van der Waals surface area contributed by atoms with Gasteiger partial charge in [-0.1, -0.05) is 0 Å². The SMILES string of the molecule is Cn1cccc1C1CCCN1C(=O)Nc1ccncc1. The average Bonchev–Trinajstić information content (AvgIpc) is 3.07. The number of carbonyl (C=O) groups is 1. The molecule has 0 saturated carbocycles. The number of nitrogens with one attached hydrogen (secondary N) is 1. The second-order valence-electron chi connectivity index (χ2n) is 5.06. The topological polar surface area (TPSA) is 50.2 Å². The molecule has 1 N–H and O–H groups in total. The highest BCUT2D eigenvalue weighted by molar-refractivity contribution is 5.89. The Bertz CT molecular complexity index is 593. The highest BCUT2D eigenvalue weighted by Crippen LogP contribution is 2.32. The Morgan fingerprint density at radius 2 is 2.15 bits per heavy atom. The molecule has 20 heavy (non-hydrogen) atoms. The molecule has 2 amide bonds. The molecule has 1 saturated heterocycles. The van der Waals surface area contributed by atoms with E-state index in [1.54, 1.807) is 24.5 Å². The molecule has 2 aromatic heterocycles. The van der Waals surface area contributed by atoms with Crippen LogP contribution in [0.4, 0.5) is 10.5 Å². The van der Waals surface area contributed by atoms with Crippen molar-refractivity contribution >= 4 is 11.7 Å². The fourth-order valence-electron chi connectivity index (χ4n) is 2.77. The molecule has 0 radical (unpaired) electrons. The van der Waals surface area contributed by atoms with Gasteiger partial charge in [-0.05, 0) is 37.1 Å². The molecule has 0 aromatic carbocycles. The number of urea groups is 1. The Morgan fingerprint density at radius 1 is 1.35 bits per heavy atom. The fraction of sp³-hybridized carbons (Fsp3) is 0.333. The van der Waals surface area contributed by atoms with Crippen LogP contribution in [0.1, 0.15) is 24.6 Å². The Labute approximate surface area is 118 Å². The summed E-state index contributed by atoms with van der Waals surface area (Å²) in [7, 11) is 2.02. The number of rotatable bonds is 2. The molecule has 1 aliphatic rings. The largest absolute Gasteiger partial charge is 0.353 e. The number of nitrogens with zero attached hydrogens (tertiary/aromatic N) is 3. The lowest BCUT2D eigenvalue weighted by atomic mass is 10.1. The van der Waals surface area contributed by atoms with Crippen molar-refractivity contribution in [3.63, 3.8) is 0 Å². The smallest absolute Gasteiger partial charge is 0.322 e. The molecular weight excluding hydrogens is 252 g/mol. The van der Waals surface area contributed by atoms with Crippen LogP contribution in [-0.4, -0.2) is 27.0 Å². The predicted molar refractivity (Wildman–Crippen MR) is 77.3 cm³/mol. The molecule has 104 valence electrons. The number of hydrogen-bond donors (Lipinski definition) is 1. The van der Waals surface area contributed by atoms with Gasteiger partial charge in [0.1, 0.15) is 0 Å². The van der Waals surface area contributed by atoms with Crippen LogP contribution in [0.3, 0.4) is 0 Å². The zero-order chi connectivity index (χ0) is 13.9. The van der Waals surface area contributed by atoms with Crippen molar-refractivity contribution in [1.29, 1.82) is 0 Å². The average molecular weight is 270 g/mol.